The lowest BCUT2D eigenvalue weighted by molar-refractivity contribution is 0.862. The molecule has 2 heterocycles. The van der Waals surface area contributed by atoms with Crippen molar-refractivity contribution in [2.45, 2.75) is 26.7 Å². The number of aromatic amines is 1. The molecule has 0 fully saturated rings. The first kappa shape index (κ1) is 11.5. The van der Waals surface area contributed by atoms with E-state index in [1.165, 1.54) is 0 Å². The second kappa shape index (κ2) is 4.91. The predicted octanol–water partition coefficient (Wildman–Crippen LogP) is 1.63. The molecule has 2 aromatic rings. The van der Waals surface area contributed by atoms with Crippen molar-refractivity contribution in [3.8, 4) is 0 Å². The highest BCUT2D eigenvalue weighted by Crippen LogP contribution is 2.08. The number of aromatic nitrogens is 3. The molecule has 88 valence electrons. The second-order valence-electron chi connectivity index (χ2n) is 3.98. The minimum Gasteiger partial charge on any atom is -0.310 e. The maximum Gasteiger partial charge on any atom is 0.254 e. The lowest BCUT2D eigenvalue weighted by atomic mass is 10.1. The molecule has 0 radical (unpaired) electrons. The summed E-state index contributed by atoms with van der Waals surface area (Å²) in [4.78, 5) is 23.0. The monoisotopic (exact) mass is 229 g/mol. The van der Waals surface area contributed by atoms with Gasteiger partial charge >= 0.3 is 0 Å². The molecular formula is C13H15N3O. The Morgan fingerprint density at radius 2 is 2.24 bits per heavy atom. The van der Waals surface area contributed by atoms with Gasteiger partial charge in [-0.2, -0.15) is 0 Å². The van der Waals surface area contributed by atoms with Crippen LogP contribution in [0.3, 0.4) is 0 Å². The summed E-state index contributed by atoms with van der Waals surface area (Å²) in [5.74, 6) is 0.736. The molecule has 0 aromatic carbocycles. The third kappa shape index (κ3) is 2.58. The van der Waals surface area contributed by atoms with E-state index >= 15 is 0 Å². The maximum absolute atomic E-state index is 11.7. The number of rotatable bonds is 3. The van der Waals surface area contributed by atoms with Crippen LogP contribution in [0.15, 0.2) is 29.3 Å². The van der Waals surface area contributed by atoms with Gasteiger partial charge < -0.3 is 4.98 Å². The molecule has 1 N–H and O–H groups in total. The number of aryl methyl sites for hydroxylation is 1. The average molecular weight is 229 g/mol. The van der Waals surface area contributed by atoms with E-state index in [1.807, 2.05) is 19.1 Å². The molecule has 4 nitrogen and oxygen atoms in total. The van der Waals surface area contributed by atoms with Crippen LogP contribution in [-0.2, 0) is 12.8 Å². The summed E-state index contributed by atoms with van der Waals surface area (Å²) in [6, 6.07) is 3.87. The lowest BCUT2D eigenvalue weighted by Gasteiger charge is -2.06. The highest BCUT2D eigenvalue weighted by atomic mass is 16.1. The van der Waals surface area contributed by atoms with Gasteiger partial charge in [-0.3, -0.25) is 9.78 Å². The quantitative estimate of drug-likeness (QED) is 0.870. The van der Waals surface area contributed by atoms with Crippen molar-refractivity contribution >= 4 is 0 Å². The van der Waals surface area contributed by atoms with Gasteiger partial charge in [-0.05, 0) is 18.6 Å². The van der Waals surface area contributed by atoms with Crippen LogP contribution in [0.1, 0.15) is 29.6 Å². The van der Waals surface area contributed by atoms with E-state index in [9.17, 15) is 4.79 Å². The molecule has 0 aliphatic heterocycles. The average Bonchev–Trinajstić information content (AvgIpc) is 2.36. The van der Waals surface area contributed by atoms with E-state index < -0.39 is 0 Å². The van der Waals surface area contributed by atoms with Crippen molar-refractivity contribution in [2.75, 3.05) is 0 Å². The maximum atomic E-state index is 11.7. The molecule has 0 aliphatic rings. The zero-order chi connectivity index (χ0) is 12.3. The zero-order valence-corrected chi connectivity index (χ0v) is 10.0. The van der Waals surface area contributed by atoms with E-state index in [0.717, 1.165) is 23.5 Å². The fourth-order valence-electron chi connectivity index (χ4n) is 1.67. The predicted molar refractivity (Wildman–Crippen MR) is 66.0 cm³/mol. The molecule has 0 saturated heterocycles. The van der Waals surface area contributed by atoms with Gasteiger partial charge in [0.1, 0.15) is 5.82 Å². The van der Waals surface area contributed by atoms with Crippen molar-refractivity contribution in [3.63, 3.8) is 0 Å². The van der Waals surface area contributed by atoms with Gasteiger partial charge in [0.05, 0.1) is 5.69 Å². The van der Waals surface area contributed by atoms with Gasteiger partial charge in [-0.25, -0.2) is 4.98 Å². The molecule has 2 aromatic heterocycles. The van der Waals surface area contributed by atoms with Crippen LogP contribution in [0.25, 0.3) is 0 Å². The topological polar surface area (TPSA) is 58.6 Å². The van der Waals surface area contributed by atoms with Crippen LogP contribution >= 0.6 is 0 Å². The SMILES string of the molecule is CCc1nc(Cc2cccnc2)c(C)c(=O)[nH]1. The van der Waals surface area contributed by atoms with Gasteiger partial charge in [0, 0.05) is 30.8 Å². The van der Waals surface area contributed by atoms with Crippen molar-refractivity contribution in [2.24, 2.45) is 0 Å². The molecule has 2 rings (SSSR count). The van der Waals surface area contributed by atoms with Gasteiger partial charge in [-0.1, -0.05) is 13.0 Å². The zero-order valence-electron chi connectivity index (χ0n) is 10.0. The highest BCUT2D eigenvalue weighted by Gasteiger charge is 2.07. The molecule has 0 spiro atoms. The summed E-state index contributed by atoms with van der Waals surface area (Å²) in [5, 5.41) is 0. The van der Waals surface area contributed by atoms with Gasteiger partial charge in [0.15, 0.2) is 0 Å². The van der Waals surface area contributed by atoms with Crippen molar-refractivity contribution < 1.29 is 0 Å². The highest BCUT2D eigenvalue weighted by molar-refractivity contribution is 5.24. The van der Waals surface area contributed by atoms with Gasteiger partial charge in [0.25, 0.3) is 5.56 Å². The Labute approximate surface area is 99.8 Å². The number of pyridine rings is 1. The largest absolute Gasteiger partial charge is 0.310 e. The third-order valence-electron chi connectivity index (χ3n) is 2.73. The van der Waals surface area contributed by atoms with Crippen molar-refractivity contribution in [1.29, 1.82) is 0 Å². The summed E-state index contributed by atoms with van der Waals surface area (Å²) in [5.41, 5.74) is 2.54. The van der Waals surface area contributed by atoms with Crippen LogP contribution in [-0.4, -0.2) is 15.0 Å². The molecule has 4 heteroatoms. The fourth-order valence-corrected chi connectivity index (χ4v) is 1.67. The van der Waals surface area contributed by atoms with Crippen LogP contribution in [0.4, 0.5) is 0 Å². The smallest absolute Gasteiger partial charge is 0.254 e. The third-order valence-corrected chi connectivity index (χ3v) is 2.73. The van der Waals surface area contributed by atoms with Crippen LogP contribution in [0.5, 0.6) is 0 Å². The van der Waals surface area contributed by atoms with E-state index in [2.05, 4.69) is 15.0 Å². The molecular weight excluding hydrogens is 214 g/mol. The minimum atomic E-state index is -0.0456. The van der Waals surface area contributed by atoms with E-state index in [4.69, 9.17) is 0 Å². The number of nitrogens with one attached hydrogen (secondary N) is 1. The minimum absolute atomic E-state index is 0.0456. The number of H-pyrrole nitrogens is 1. The van der Waals surface area contributed by atoms with Crippen LogP contribution in [0, 0.1) is 6.92 Å². The number of hydrogen-bond acceptors (Lipinski definition) is 3. The first-order chi connectivity index (χ1) is 8.20. The lowest BCUT2D eigenvalue weighted by Crippen LogP contribution is -2.17. The molecule has 17 heavy (non-hydrogen) atoms. The standard InChI is InChI=1S/C13H15N3O/c1-3-12-15-11(9(2)13(17)16-12)7-10-5-4-6-14-8-10/h4-6,8H,3,7H2,1-2H3,(H,15,16,17). The van der Waals surface area contributed by atoms with Crippen LogP contribution in [0.2, 0.25) is 0 Å². The first-order valence-electron chi connectivity index (χ1n) is 5.68. The summed E-state index contributed by atoms with van der Waals surface area (Å²) < 4.78 is 0. The normalized spacial score (nSPS) is 10.5. The molecule has 0 atom stereocenters. The van der Waals surface area contributed by atoms with E-state index in [-0.39, 0.29) is 5.56 Å². The van der Waals surface area contributed by atoms with Gasteiger partial charge in [0.2, 0.25) is 0 Å². The summed E-state index contributed by atoms with van der Waals surface area (Å²) in [6.07, 6.45) is 4.92. The Morgan fingerprint density at radius 1 is 1.41 bits per heavy atom. The van der Waals surface area contributed by atoms with Crippen molar-refractivity contribution in [1.82, 2.24) is 15.0 Å². The Hall–Kier alpha value is -1.97. The summed E-state index contributed by atoms with van der Waals surface area (Å²) >= 11 is 0. The first-order valence-corrected chi connectivity index (χ1v) is 5.68. The molecule has 0 aliphatic carbocycles. The Balaban J connectivity index is 2.39. The van der Waals surface area contributed by atoms with Crippen molar-refractivity contribution in [3.05, 3.63) is 57.5 Å². The van der Waals surface area contributed by atoms with E-state index in [1.54, 1.807) is 19.3 Å². The molecule has 0 bridgehead atoms. The number of nitrogens with zero attached hydrogens (tertiary/aromatic N) is 2. The van der Waals surface area contributed by atoms with Gasteiger partial charge in [-0.15, -0.1) is 0 Å². The fraction of sp³-hybridized carbons (Fsp3) is 0.308. The molecule has 0 amide bonds. The Morgan fingerprint density at radius 3 is 2.88 bits per heavy atom. The molecule has 0 unspecified atom stereocenters. The van der Waals surface area contributed by atoms with E-state index in [0.29, 0.717) is 12.0 Å². The Kier molecular flexibility index (Phi) is 3.32. The summed E-state index contributed by atoms with van der Waals surface area (Å²) in [7, 11) is 0. The molecule has 0 saturated carbocycles. The Bertz CT molecular complexity index is 561. The summed E-state index contributed by atoms with van der Waals surface area (Å²) in [6.45, 7) is 3.78. The second-order valence-corrected chi connectivity index (χ2v) is 3.98. The number of hydrogen-bond donors (Lipinski definition) is 1. The van der Waals surface area contributed by atoms with Crippen LogP contribution < -0.4 is 5.56 Å².